The number of amides is 2. The Labute approximate surface area is 207 Å². The highest BCUT2D eigenvalue weighted by molar-refractivity contribution is 6.40. The minimum Gasteiger partial charge on any atom is -0.267 e. The van der Waals surface area contributed by atoms with Gasteiger partial charge < -0.3 is 0 Å². The second-order valence-electron chi connectivity index (χ2n) is 7.03. The second-order valence-corrected chi connectivity index (χ2v) is 8.72. The fourth-order valence-corrected chi connectivity index (χ4v) is 4.25. The summed E-state index contributed by atoms with van der Waals surface area (Å²) in [7, 11) is 0. The van der Waals surface area contributed by atoms with Crippen LogP contribution in [0.15, 0.2) is 65.6 Å². The number of aromatic nitrogens is 2. The molecule has 0 aliphatic rings. The zero-order chi connectivity index (χ0) is 23.9. The topological polar surface area (TPSA) is 72.3 Å². The van der Waals surface area contributed by atoms with Crippen LogP contribution in [-0.2, 0) is 0 Å². The molecule has 6 nitrogen and oxygen atoms in total. The molecular formula is C23H13Cl4N3O3. The van der Waals surface area contributed by atoms with E-state index in [0.29, 0.717) is 26.0 Å². The lowest BCUT2D eigenvalue weighted by molar-refractivity contribution is 0.0856. The Kier molecular flexibility index (Phi) is 6.45. The van der Waals surface area contributed by atoms with E-state index in [0.717, 1.165) is 4.68 Å². The highest BCUT2D eigenvalue weighted by Crippen LogP contribution is 2.26. The van der Waals surface area contributed by atoms with E-state index in [2.05, 4.69) is 4.98 Å². The third kappa shape index (κ3) is 4.35. The summed E-state index contributed by atoms with van der Waals surface area (Å²) in [5, 5.41) is 1.83. The summed E-state index contributed by atoms with van der Waals surface area (Å²) in [6, 6.07) is 13.4. The molecule has 0 aliphatic carbocycles. The molecule has 2 aromatic carbocycles. The smallest absolute Gasteiger partial charge is 0.267 e. The van der Waals surface area contributed by atoms with Crippen molar-refractivity contribution in [3.63, 3.8) is 0 Å². The summed E-state index contributed by atoms with van der Waals surface area (Å²) in [5.41, 5.74) is -0.303. The van der Waals surface area contributed by atoms with Crippen LogP contribution < -0.4 is 10.6 Å². The van der Waals surface area contributed by atoms with E-state index in [9.17, 15) is 14.4 Å². The molecule has 0 fully saturated rings. The van der Waals surface area contributed by atoms with Crippen LogP contribution in [0.4, 0.5) is 0 Å². The molecule has 2 amide bonds. The maximum atomic E-state index is 13.7. The Morgan fingerprint density at radius 2 is 1.39 bits per heavy atom. The van der Waals surface area contributed by atoms with Gasteiger partial charge in [-0.25, -0.2) is 4.98 Å². The standard InChI is InChI=1S/C23H13Cl4N3O3/c1-12-9-13-3-2-8-28-20(13)29(21(12)31)30(22(32)16-6-4-14(24)10-18(16)26)23(33)17-7-5-15(25)11-19(17)27/h2-11H,1H3. The predicted octanol–water partition coefficient (Wildman–Crippen LogP) is 5.94. The number of imide groups is 1. The van der Waals surface area contributed by atoms with Gasteiger partial charge in [0, 0.05) is 27.2 Å². The van der Waals surface area contributed by atoms with Crippen LogP contribution >= 0.6 is 46.4 Å². The fourth-order valence-electron chi connectivity index (χ4n) is 3.27. The van der Waals surface area contributed by atoms with Crippen molar-refractivity contribution < 1.29 is 9.59 Å². The number of nitrogens with zero attached hydrogens (tertiary/aromatic N) is 3. The molecule has 4 aromatic rings. The van der Waals surface area contributed by atoms with Gasteiger partial charge >= 0.3 is 0 Å². The molecular weight excluding hydrogens is 508 g/mol. The summed E-state index contributed by atoms with van der Waals surface area (Å²) in [6.07, 6.45) is 1.45. The van der Waals surface area contributed by atoms with Gasteiger partial charge in [0.1, 0.15) is 0 Å². The molecule has 0 unspecified atom stereocenters. The third-order valence-corrected chi connectivity index (χ3v) is 5.92. The molecule has 10 heteroatoms. The van der Waals surface area contributed by atoms with Gasteiger partial charge in [-0.1, -0.05) is 46.4 Å². The zero-order valence-corrected chi connectivity index (χ0v) is 19.9. The van der Waals surface area contributed by atoms with Gasteiger partial charge in [-0.05, 0) is 61.5 Å². The molecule has 0 saturated heterocycles. The van der Waals surface area contributed by atoms with Gasteiger partial charge in [0.2, 0.25) is 0 Å². The Balaban J connectivity index is 2.03. The van der Waals surface area contributed by atoms with E-state index in [-0.39, 0.29) is 26.8 Å². The molecule has 33 heavy (non-hydrogen) atoms. The van der Waals surface area contributed by atoms with E-state index in [1.165, 1.54) is 42.6 Å². The van der Waals surface area contributed by atoms with Crippen molar-refractivity contribution >= 4 is 69.3 Å². The molecule has 0 bridgehead atoms. The second kappa shape index (κ2) is 9.15. The van der Waals surface area contributed by atoms with Crippen LogP contribution in [0.1, 0.15) is 26.3 Å². The maximum Gasteiger partial charge on any atom is 0.281 e. The number of halogens is 4. The van der Waals surface area contributed by atoms with Crippen molar-refractivity contribution in [2.24, 2.45) is 0 Å². The van der Waals surface area contributed by atoms with Crippen molar-refractivity contribution in [1.29, 1.82) is 0 Å². The monoisotopic (exact) mass is 519 g/mol. The molecule has 0 saturated carbocycles. The molecule has 0 radical (unpaired) electrons. The van der Waals surface area contributed by atoms with Gasteiger partial charge in [-0.15, -0.1) is 0 Å². The normalized spacial score (nSPS) is 10.9. The van der Waals surface area contributed by atoms with Gasteiger partial charge in [0.15, 0.2) is 5.65 Å². The van der Waals surface area contributed by atoms with Crippen molar-refractivity contribution in [3.8, 4) is 0 Å². The number of aryl methyl sites for hydroxylation is 1. The summed E-state index contributed by atoms with van der Waals surface area (Å²) in [5.74, 6) is -1.74. The Morgan fingerprint density at radius 3 is 1.91 bits per heavy atom. The van der Waals surface area contributed by atoms with Crippen LogP contribution in [0.5, 0.6) is 0 Å². The van der Waals surface area contributed by atoms with E-state index >= 15 is 0 Å². The highest BCUT2D eigenvalue weighted by atomic mass is 35.5. The summed E-state index contributed by atoms with van der Waals surface area (Å²) >= 11 is 24.4. The number of hydrogen-bond donors (Lipinski definition) is 0. The molecule has 2 aromatic heterocycles. The number of pyridine rings is 2. The number of fused-ring (bicyclic) bond motifs is 1. The van der Waals surface area contributed by atoms with Crippen LogP contribution in [-0.4, -0.2) is 21.5 Å². The minimum absolute atomic E-state index is 0.00506. The third-order valence-electron chi connectivity index (χ3n) is 4.83. The van der Waals surface area contributed by atoms with E-state index in [1.807, 2.05) is 0 Å². The molecule has 0 spiro atoms. The van der Waals surface area contributed by atoms with Gasteiger partial charge in [-0.2, -0.15) is 9.69 Å². The quantitative estimate of drug-likeness (QED) is 0.313. The largest absolute Gasteiger partial charge is 0.281 e. The van der Waals surface area contributed by atoms with E-state index in [1.54, 1.807) is 25.1 Å². The lowest BCUT2D eigenvalue weighted by Crippen LogP contribution is -2.51. The number of hydrogen-bond acceptors (Lipinski definition) is 4. The number of carbonyl (C=O) groups excluding carboxylic acids is 2. The molecule has 166 valence electrons. The Morgan fingerprint density at radius 1 is 0.848 bits per heavy atom. The summed E-state index contributed by atoms with van der Waals surface area (Å²) < 4.78 is 0.922. The van der Waals surface area contributed by atoms with Gasteiger partial charge in [-0.3, -0.25) is 14.4 Å². The first-order chi connectivity index (χ1) is 15.7. The van der Waals surface area contributed by atoms with Crippen molar-refractivity contribution in [2.45, 2.75) is 6.92 Å². The van der Waals surface area contributed by atoms with Crippen molar-refractivity contribution in [2.75, 3.05) is 5.01 Å². The van der Waals surface area contributed by atoms with Gasteiger partial charge in [0.05, 0.1) is 21.2 Å². The average molecular weight is 521 g/mol. The number of rotatable bonds is 3. The zero-order valence-electron chi connectivity index (χ0n) is 16.9. The molecule has 0 aliphatic heterocycles. The molecule has 2 heterocycles. The Hall–Kier alpha value is -2.90. The lowest BCUT2D eigenvalue weighted by Gasteiger charge is -2.25. The van der Waals surface area contributed by atoms with Crippen LogP contribution in [0.2, 0.25) is 20.1 Å². The molecule has 0 N–H and O–H groups in total. The van der Waals surface area contributed by atoms with Crippen molar-refractivity contribution in [3.05, 3.63) is 108 Å². The number of carbonyl (C=O) groups is 2. The number of benzene rings is 2. The fraction of sp³-hybridized carbons (Fsp3) is 0.0435. The van der Waals surface area contributed by atoms with E-state index in [4.69, 9.17) is 46.4 Å². The lowest BCUT2D eigenvalue weighted by atomic mass is 10.1. The van der Waals surface area contributed by atoms with Crippen molar-refractivity contribution in [1.82, 2.24) is 9.66 Å². The summed E-state index contributed by atoms with van der Waals surface area (Å²) in [4.78, 5) is 44.9. The molecule has 4 rings (SSSR count). The van der Waals surface area contributed by atoms with Crippen LogP contribution in [0, 0.1) is 6.92 Å². The summed E-state index contributed by atoms with van der Waals surface area (Å²) in [6.45, 7) is 1.57. The minimum atomic E-state index is -0.868. The first kappa shape index (κ1) is 23.3. The van der Waals surface area contributed by atoms with Gasteiger partial charge in [0.25, 0.3) is 17.4 Å². The predicted molar refractivity (Wildman–Crippen MR) is 131 cm³/mol. The van der Waals surface area contributed by atoms with E-state index < -0.39 is 17.4 Å². The van der Waals surface area contributed by atoms with Crippen LogP contribution in [0.25, 0.3) is 11.0 Å². The Bertz CT molecular complexity index is 1440. The first-order valence-corrected chi connectivity index (χ1v) is 11.0. The first-order valence-electron chi connectivity index (χ1n) is 9.45. The average Bonchev–Trinajstić information content (AvgIpc) is 2.76. The highest BCUT2D eigenvalue weighted by Gasteiger charge is 2.31. The molecule has 0 atom stereocenters. The maximum absolute atomic E-state index is 13.7. The van der Waals surface area contributed by atoms with Crippen LogP contribution in [0.3, 0.4) is 0 Å². The SMILES string of the molecule is Cc1cc2cccnc2n(N(C(=O)c2ccc(Cl)cc2Cl)C(=O)c2ccc(Cl)cc2Cl)c1=O.